The molecule has 0 aliphatic rings. The van der Waals surface area contributed by atoms with E-state index in [1.165, 1.54) is 0 Å². The van der Waals surface area contributed by atoms with E-state index >= 15 is 0 Å². The van der Waals surface area contributed by atoms with Crippen molar-refractivity contribution < 1.29 is 20.1 Å². The minimum absolute atomic E-state index is 0.195. The second-order valence-electron chi connectivity index (χ2n) is 3.03. The molecule has 6 nitrogen and oxygen atoms in total. The van der Waals surface area contributed by atoms with Crippen molar-refractivity contribution in [2.24, 2.45) is 11.5 Å². The zero-order chi connectivity index (χ0) is 12.1. The molecule has 0 rings (SSSR count). The largest absolute Gasteiger partial charge is 0.480 e. The van der Waals surface area contributed by atoms with Crippen molar-refractivity contribution >= 4 is 5.97 Å². The average Bonchev–Trinajstić information content (AvgIpc) is 2.23. The first-order chi connectivity index (χ1) is 7.09. The zero-order valence-corrected chi connectivity index (χ0v) is 8.93. The lowest BCUT2D eigenvalue weighted by Crippen LogP contribution is -2.30. The Kier molecular flexibility index (Phi) is 14.8. The lowest BCUT2D eigenvalue weighted by molar-refractivity contribution is -0.138. The van der Waals surface area contributed by atoms with Gasteiger partial charge in [-0.1, -0.05) is 0 Å². The Bertz CT molecular complexity index is 140. The Balaban J connectivity index is 0. The smallest absolute Gasteiger partial charge is 0.320 e. The highest BCUT2D eigenvalue weighted by Gasteiger charge is 2.08. The third kappa shape index (κ3) is 16.0. The molecule has 0 fully saturated rings. The van der Waals surface area contributed by atoms with Crippen molar-refractivity contribution in [2.75, 3.05) is 19.8 Å². The van der Waals surface area contributed by atoms with Crippen LogP contribution in [-0.4, -0.2) is 47.1 Å². The van der Waals surface area contributed by atoms with E-state index in [1.807, 2.05) is 0 Å². The van der Waals surface area contributed by atoms with Crippen molar-refractivity contribution in [3.63, 3.8) is 0 Å². The number of hydrogen-bond acceptors (Lipinski definition) is 5. The summed E-state index contributed by atoms with van der Waals surface area (Å²) in [5.74, 6) is -0.955. The normalized spacial score (nSPS) is 11.5. The molecule has 1 unspecified atom stereocenters. The van der Waals surface area contributed by atoms with Gasteiger partial charge in [0.2, 0.25) is 0 Å². The van der Waals surface area contributed by atoms with Gasteiger partial charge in [0, 0.05) is 13.2 Å². The first-order valence-electron chi connectivity index (χ1n) is 5.00. The molecule has 0 aromatic heterocycles. The SMILES string of the molecule is NCCCC(N)C(=O)O.OCCCCO. The number of carbonyl (C=O) groups is 1. The minimum Gasteiger partial charge on any atom is -0.480 e. The van der Waals surface area contributed by atoms with Crippen molar-refractivity contribution in [1.82, 2.24) is 0 Å². The number of hydrogen-bond donors (Lipinski definition) is 5. The molecule has 0 radical (unpaired) electrons. The zero-order valence-electron chi connectivity index (χ0n) is 8.93. The molecule has 0 bridgehead atoms. The maximum atomic E-state index is 10.0. The summed E-state index contributed by atoms with van der Waals surface area (Å²) < 4.78 is 0. The topological polar surface area (TPSA) is 130 Å². The molecule has 7 N–H and O–H groups in total. The standard InChI is InChI=1S/C5H12N2O2.C4H10O2/c6-3-1-2-4(7)5(8)9;5-3-1-2-4-6/h4H,1-3,6-7H2,(H,8,9);5-6H,1-4H2. The fourth-order valence-electron chi connectivity index (χ4n) is 0.685. The molecule has 6 heteroatoms. The monoisotopic (exact) mass is 222 g/mol. The van der Waals surface area contributed by atoms with Crippen molar-refractivity contribution in [1.29, 1.82) is 0 Å². The van der Waals surface area contributed by atoms with Gasteiger partial charge in [-0.15, -0.1) is 0 Å². The van der Waals surface area contributed by atoms with Gasteiger partial charge in [0.25, 0.3) is 0 Å². The van der Waals surface area contributed by atoms with E-state index in [9.17, 15) is 4.79 Å². The van der Waals surface area contributed by atoms with Gasteiger partial charge in [-0.05, 0) is 32.2 Å². The van der Waals surface area contributed by atoms with Crippen LogP contribution in [0.1, 0.15) is 25.7 Å². The van der Waals surface area contributed by atoms with Gasteiger partial charge < -0.3 is 26.8 Å². The van der Waals surface area contributed by atoms with Crippen LogP contribution in [0.4, 0.5) is 0 Å². The molecule has 92 valence electrons. The number of aliphatic hydroxyl groups is 2. The van der Waals surface area contributed by atoms with Gasteiger partial charge in [-0.2, -0.15) is 0 Å². The second kappa shape index (κ2) is 13.3. The number of carboxylic acid groups (broad SMARTS) is 1. The molecular formula is C9H22N2O4. The van der Waals surface area contributed by atoms with Crippen molar-refractivity contribution in [2.45, 2.75) is 31.7 Å². The van der Waals surface area contributed by atoms with Gasteiger partial charge in [0.1, 0.15) is 6.04 Å². The van der Waals surface area contributed by atoms with Crippen LogP contribution in [0, 0.1) is 0 Å². The maximum absolute atomic E-state index is 10.0. The summed E-state index contributed by atoms with van der Waals surface area (Å²) in [5.41, 5.74) is 10.3. The molecule has 0 saturated heterocycles. The molecule has 0 aliphatic heterocycles. The molecule has 0 spiro atoms. The lowest BCUT2D eigenvalue weighted by Gasteiger charge is -2.02. The predicted molar refractivity (Wildman–Crippen MR) is 57.3 cm³/mol. The van der Waals surface area contributed by atoms with Crippen LogP contribution < -0.4 is 11.5 Å². The molecule has 0 saturated carbocycles. The average molecular weight is 222 g/mol. The van der Waals surface area contributed by atoms with Crippen LogP contribution in [-0.2, 0) is 4.79 Å². The van der Waals surface area contributed by atoms with Crippen LogP contribution in [0.15, 0.2) is 0 Å². The molecule has 0 aliphatic carbocycles. The molecule has 0 heterocycles. The fraction of sp³-hybridized carbons (Fsp3) is 0.889. The Morgan fingerprint density at radius 3 is 1.87 bits per heavy atom. The van der Waals surface area contributed by atoms with E-state index < -0.39 is 12.0 Å². The Labute approximate surface area is 89.9 Å². The summed E-state index contributed by atoms with van der Waals surface area (Å²) in [6.45, 7) is 0.891. The molecule has 1 atom stereocenters. The van der Waals surface area contributed by atoms with Gasteiger partial charge in [-0.3, -0.25) is 4.79 Å². The number of rotatable bonds is 7. The molecular weight excluding hydrogens is 200 g/mol. The second-order valence-corrected chi connectivity index (χ2v) is 3.03. The third-order valence-electron chi connectivity index (χ3n) is 1.60. The lowest BCUT2D eigenvalue weighted by atomic mass is 10.2. The van der Waals surface area contributed by atoms with Crippen LogP contribution in [0.5, 0.6) is 0 Å². The quantitative estimate of drug-likeness (QED) is 0.347. The summed E-state index contributed by atoms with van der Waals surface area (Å²) in [6.07, 6.45) is 2.58. The molecule has 0 aromatic rings. The minimum atomic E-state index is -0.955. The first kappa shape index (κ1) is 16.7. The van der Waals surface area contributed by atoms with Gasteiger partial charge >= 0.3 is 5.97 Å². The van der Waals surface area contributed by atoms with Crippen LogP contribution in [0.3, 0.4) is 0 Å². The number of unbranched alkanes of at least 4 members (excludes halogenated alkanes) is 1. The summed E-state index contributed by atoms with van der Waals surface area (Å²) >= 11 is 0. The van der Waals surface area contributed by atoms with Crippen molar-refractivity contribution in [3.05, 3.63) is 0 Å². The van der Waals surface area contributed by atoms with E-state index in [0.717, 1.165) is 12.8 Å². The summed E-state index contributed by atoms with van der Waals surface area (Å²) in [4.78, 5) is 10.0. The van der Waals surface area contributed by atoms with Crippen LogP contribution in [0.25, 0.3) is 0 Å². The third-order valence-corrected chi connectivity index (χ3v) is 1.60. The number of aliphatic hydroxyl groups excluding tert-OH is 2. The number of carboxylic acids is 1. The molecule has 0 amide bonds. The van der Waals surface area contributed by atoms with E-state index in [-0.39, 0.29) is 13.2 Å². The highest BCUT2D eigenvalue weighted by molar-refractivity contribution is 5.72. The van der Waals surface area contributed by atoms with Crippen molar-refractivity contribution in [3.8, 4) is 0 Å². The Morgan fingerprint density at radius 2 is 1.60 bits per heavy atom. The number of nitrogens with two attached hydrogens (primary N) is 2. The highest BCUT2D eigenvalue weighted by Crippen LogP contribution is 1.91. The van der Waals surface area contributed by atoms with Gasteiger partial charge in [-0.25, -0.2) is 0 Å². The predicted octanol–water partition coefficient (Wildman–Crippen LogP) is -1.11. The van der Waals surface area contributed by atoms with E-state index in [0.29, 0.717) is 19.4 Å². The molecule has 0 aromatic carbocycles. The van der Waals surface area contributed by atoms with Gasteiger partial charge in [0.05, 0.1) is 0 Å². The first-order valence-corrected chi connectivity index (χ1v) is 5.00. The van der Waals surface area contributed by atoms with E-state index in [4.69, 9.17) is 26.8 Å². The van der Waals surface area contributed by atoms with Gasteiger partial charge in [0.15, 0.2) is 0 Å². The fourth-order valence-corrected chi connectivity index (χ4v) is 0.685. The van der Waals surface area contributed by atoms with Crippen LogP contribution >= 0.6 is 0 Å². The van der Waals surface area contributed by atoms with E-state index in [1.54, 1.807) is 0 Å². The summed E-state index contributed by atoms with van der Waals surface area (Å²) in [7, 11) is 0. The Morgan fingerprint density at radius 1 is 1.13 bits per heavy atom. The summed E-state index contributed by atoms with van der Waals surface area (Å²) in [6, 6.07) is -0.742. The Hall–Kier alpha value is -0.690. The van der Waals surface area contributed by atoms with E-state index in [2.05, 4.69) is 0 Å². The maximum Gasteiger partial charge on any atom is 0.320 e. The van der Waals surface area contributed by atoms with Crippen LogP contribution in [0.2, 0.25) is 0 Å². The summed E-state index contributed by atoms with van der Waals surface area (Å²) in [5, 5.41) is 24.4. The number of aliphatic carboxylic acids is 1. The molecule has 15 heavy (non-hydrogen) atoms. The highest BCUT2D eigenvalue weighted by atomic mass is 16.4.